The molecule has 1 amide bonds. The van der Waals surface area contributed by atoms with Gasteiger partial charge in [-0.2, -0.15) is 0 Å². The van der Waals surface area contributed by atoms with Gasteiger partial charge in [-0.1, -0.05) is 20.8 Å². The third-order valence-corrected chi connectivity index (χ3v) is 2.75. The van der Waals surface area contributed by atoms with Gasteiger partial charge < -0.3 is 10.4 Å². The first-order chi connectivity index (χ1) is 7.86. The molecule has 1 heterocycles. The summed E-state index contributed by atoms with van der Waals surface area (Å²) in [7, 11) is 0. The molecule has 0 radical (unpaired) electrons. The quantitative estimate of drug-likeness (QED) is 0.839. The number of aromatic carboxylic acids is 1. The van der Waals surface area contributed by atoms with Gasteiger partial charge in [0.1, 0.15) is 5.82 Å². The Morgan fingerprint density at radius 2 is 2.06 bits per heavy atom. The lowest BCUT2D eigenvalue weighted by Crippen LogP contribution is -2.30. The van der Waals surface area contributed by atoms with Gasteiger partial charge in [0.05, 0.1) is 5.56 Å². The monoisotopic (exact) mass is 236 g/mol. The lowest BCUT2D eigenvalue weighted by atomic mass is 9.89. The molecule has 0 unspecified atom stereocenters. The van der Waals surface area contributed by atoms with Gasteiger partial charge in [0.25, 0.3) is 0 Å². The van der Waals surface area contributed by atoms with Crippen LogP contribution in [0.25, 0.3) is 0 Å². The molecular formula is C12H16N2O3. The van der Waals surface area contributed by atoms with Crippen LogP contribution in [0.4, 0.5) is 5.82 Å². The molecule has 0 atom stereocenters. The van der Waals surface area contributed by atoms with Gasteiger partial charge in [0, 0.05) is 11.6 Å². The van der Waals surface area contributed by atoms with Crippen LogP contribution < -0.4 is 5.32 Å². The van der Waals surface area contributed by atoms with E-state index in [-0.39, 0.29) is 11.5 Å². The van der Waals surface area contributed by atoms with E-state index in [0.717, 1.165) is 0 Å². The molecular weight excluding hydrogens is 220 g/mol. The summed E-state index contributed by atoms with van der Waals surface area (Å²) in [5.41, 5.74) is -0.370. The van der Waals surface area contributed by atoms with Crippen LogP contribution in [0.5, 0.6) is 0 Å². The summed E-state index contributed by atoms with van der Waals surface area (Å²) in [4.78, 5) is 26.3. The largest absolute Gasteiger partial charge is 0.478 e. The molecule has 5 nitrogen and oxygen atoms in total. The lowest BCUT2D eigenvalue weighted by Gasteiger charge is -2.20. The first-order valence-electron chi connectivity index (χ1n) is 5.37. The maximum atomic E-state index is 11.8. The van der Waals surface area contributed by atoms with Gasteiger partial charge in [-0.25, -0.2) is 9.78 Å². The van der Waals surface area contributed by atoms with Gasteiger partial charge in [0.2, 0.25) is 5.91 Å². The Kier molecular flexibility index (Phi) is 3.83. The highest BCUT2D eigenvalue weighted by Gasteiger charge is 2.25. The molecule has 0 aliphatic carbocycles. The Hall–Kier alpha value is -1.91. The summed E-state index contributed by atoms with van der Waals surface area (Å²) in [5, 5.41) is 11.4. The zero-order valence-electron chi connectivity index (χ0n) is 10.2. The Bertz CT molecular complexity index is 424. The first-order valence-corrected chi connectivity index (χ1v) is 5.37. The fourth-order valence-corrected chi connectivity index (χ4v) is 1.04. The molecule has 1 rings (SSSR count). The summed E-state index contributed by atoms with van der Waals surface area (Å²) >= 11 is 0. The number of carboxylic acids is 1. The van der Waals surface area contributed by atoms with Crippen LogP contribution in [-0.2, 0) is 4.79 Å². The third-order valence-electron chi connectivity index (χ3n) is 2.75. The number of carbonyl (C=O) groups excluding carboxylic acids is 1. The SMILES string of the molecule is CCC(C)(C)C(=O)Nc1ccc(C(=O)O)cn1. The van der Waals surface area contributed by atoms with Crippen LogP contribution in [0.2, 0.25) is 0 Å². The number of hydrogen-bond donors (Lipinski definition) is 2. The summed E-state index contributed by atoms with van der Waals surface area (Å²) < 4.78 is 0. The highest BCUT2D eigenvalue weighted by molar-refractivity contribution is 5.94. The van der Waals surface area contributed by atoms with Gasteiger partial charge in [-0.05, 0) is 18.6 Å². The zero-order chi connectivity index (χ0) is 13.1. The molecule has 1 aromatic heterocycles. The number of carboxylic acid groups (broad SMARTS) is 1. The topological polar surface area (TPSA) is 79.3 Å². The van der Waals surface area contributed by atoms with E-state index in [4.69, 9.17) is 5.11 Å². The average Bonchev–Trinajstić information content (AvgIpc) is 2.29. The second-order valence-corrected chi connectivity index (χ2v) is 4.43. The fourth-order valence-electron chi connectivity index (χ4n) is 1.04. The highest BCUT2D eigenvalue weighted by Crippen LogP contribution is 2.21. The van der Waals surface area contributed by atoms with Crippen LogP contribution in [0.3, 0.4) is 0 Å². The maximum Gasteiger partial charge on any atom is 0.337 e. The third kappa shape index (κ3) is 3.27. The standard InChI is InChI=1S/C12H16N2O3/c1-4-12(2,3)11(17)14-9-6-5-8(7-13-9)10(15)16/h5-7H,4H2,1-3H3,(H,15,16)(H,13,14,17). The van der Waals surface area contributed by atoms with Gasteiger partial charge in [0.15, 0.2) is 0 Å². The Balaban J connectivity index is 2.76. The molecule has 0 spiro atoms. The first kappa shape index (κ1) is 13.2. The number of nitrogens with one attached hydrogen (secondary N) is 1. The van der Waals surface area contributed by atoms with Crippen molar-refractivity contribution in [3.63, 3.8) is 0 Å². The molecule has 0 aliphatic rings. The van der Waals surface area contributed by atoms with Crippen molar-refractivity contribution in [3.8, 4) is 0 Å². The number of anilines is 1. The minimum atomic E-state index is -1.04. The van der Waals surface area contributed by atoms with Gasteiger partial charge in [-0.3, -0.25) is 4.79 Å². The number of carbonyl (C=O) groups is 2. The van der Waals surface area contributed by atoms with Crippen LogP contribution in [0, 0.1) is 5.41 Å². The molecule has 92 valence electrons. The van der Waals surface area contributed by atoms with Crippen molar-refractivity contribution in [3.05, 3.63) is 23.9 Å². The molecule has 0 saturated heterocycles. The Labute approximate surface area is 99.9 Å². The number of pyridine rings is 1. The van der Waals surface area contributed by atoms with Crippen molar-refractivity contribution in [1.82, 2.24) is 4.98 Å². The van der Waals surface area contributed by atoms with E-state index in [2.05, 4.69) is 10.3 Å². The van der Waals surface area contributed by atoms with E-state index in [0.29, 0.717) is 12.2 Å². The van der Waals surface area contributed by atoms with Crippen LogP contribution in [-0.4, -0.2) is 22.0 Å². The lowest BCUT2D eigenvalue weighted by molar-refractivity contribution is -0.124. The second-order valence-electron chi connectivity index (χ2n) is 4.43. The minimum Gasteiger partial charge on any atom is -0.478 e. The zero-order valence-corrected chi connectivity index (χ0v) is 10.2. The van der Waals surface area contributed by atoms with Crippen molar-refractivity contribution in [1.29, 1.82) is 0 Å². The molecule has 1 aromatic rings. The fraction of sp³-hybridized carbons (Fsp3) is 0.417. The maximum absolute atomic E-state index is 11.8. The molecule has 0 aromatic carbocycles. The Morgan fingerprint density at radius 3 is 2.47 bits per heavy atom. The molecule has 0 bridgehead atoms. The molecule has 17 heavy (non-hydrogen) atoms. The molecule has 5 heteroatoms. The van der Waals surface area contributed by atoms with Crippen molar-refractivity contribution in [2.24, 2.45) is 5.41 Å². The van der Waals surface area contributed by atoms with E-state index >= 15 is 0 Å². The average molecular weight is 236 g/mol. The second kappa shape index (κ2) is 4.95. The number of nitrogens with zero attached hydrogens (tertiary/aromatic N) is 1. The molecule has 0 fully saturated rings. The summed E-state index contributed by atoms with van der Waals surface area (Å²) in [5.74, 6) is -0.804. The van der Waals surface area contributed by atoms with Crippen molar-refractivity contribution in [2.75, 3.05) is 5.32 Å². The number of hydrogen-bond acceptors (Lipinski definition) is 3. The summed E-state index contributed by atoms with van der Waals surface area (Å²) in [6.07, 6.45) is 1.93. The van der Waals surface area contributed by atoms with Crippen LogP contribution in [0.15, 0.2) is 18.3 Å². The predicted octanol–water partition coefficient (Wildman–Crippen LogP) is 2.15. The number of amides is 1. The van der Waals surface area contributed by atoms with Crippen molar-refractivity contribution < 1.29 is 14.7 Å². The molecule has 0 aliphatic heterocycles. The Morgan fingerprint density at radius 1 is 1.41 bits per heavy atom. The van der Waals surface area contributed by atoms with E-state index in [1.54, 1.807) is 0 Å². The smallest absolute Gasteiger partial charge is 0.337 e. The van der Waals surface area contributed by atoms with E-state index < -0.39 is 11.4 Å². The normalized spacial score (nSPS) is 11.0. The number of aromatic nitrogens is 1. The summed E-state index contributed by atoms with van der Waals surface area (Å²) in [6.45, 7) is 5.61. The minimum absolute atomic E-state index is 0.0951. The van der Waals surface area contributed by atoms with Crippen LogP contribution >= 0.6 is 0 Å². The van der Waals surface area contributed by atoms with Crippen molar-refractivity contribution >= 4 is 17.7 Å². The molecule has 0 saturated carbocycles. The van der Waals surface area contributed by atoms with Crippen LogP contribution in [0.1, 0.15) is 37.6 Å². The van der Waals surface area contributed by atoms with E-state index in [1.165, 1.54) is 18.3 Å². The van der Waals surface area contributed by atoms with E-state index in [9.17, 15) is 9.59 Å². The number of rotatable bonds is 4. The van der Waals surface area contributed by atoms with Crippen molar-refractivity contribution in [2.45, 2.75) is 27.2 Å². The van der Waals surface area contributed by atoms with Gasteiger partial charge in [-0.15, -0.1) is 0 Å². The summed E-state index contributed by atoms with van der Waals surface area (Å²) in [6, 6.07) is 2.89. The highest BCUT2D eigenvalue weighted by atomic mass is 16.4. The predicted molar refractivity (Wildman–Crippen MR) is 63.9 cm³/mol. The van der Waals surface area contributed by atoms with Gasteiger partial charge >= 0.3 is 5.97 Å². The molecule has 2 N–H and O–H groups in total. The van der Waals surface area contributed by atoms with E-state index in [1.807, 2.05) is 20.8 Å².